The molecule has 2 unspecified atom stereocenters. The molecular weight excluding hydrogens is 387 g/mol. The summed E-state index contributed by atoms with van der Waals surface area (Å²) in [6, 6.07) is 5.14. The predicted molar refractivity (Wildman–Crippen MR) is 111 cm³/mol. The third-order valence-electron chi connectivity index (χ3n) is 5.94. The lowest BCUT2D eigenvalue weighted by Gasteiger charge is -2.37. The van der Waals surface area contributed by atoms with Gasteiger partial charge in [0.05, 0.1) is 7.11 Å². The molecule has 4 heterocycles. The van der Waals surface area contributed by atoms with Crippen LogP contribution in [0, 0.1) is 5.92 Å². The third kappa shape index (κ3) is 5.18. The maximum atomic E-state index is 12.7. The molecule has 3 fully saturated rings. The summed E-state index contributed by atoms with van der Waals surface area (Å²) in [4.78, 5) is 21.4. The molecule has 1 aromatic rings. The second-order valence-electron chi connectivity index (χ2n) is 7.60. The lowest BCUT2D eigenvalue weighted by molar-refractivity contribution is -0.132. The largest absolute Gasteiger partial charge is 0.497 e. The van der Waals surface area contributed by atoms with Crippen LogP contribution in [0.1, 0.15) is 32.1 Å². The van der Waals surface area contributed by atoms with Gasteiger partial charge in [0.15, 0.2) is 0 Å². The number of rotatable bonds is 4. The number of methoxy groups -OCH3 is 1. The van der Waals surface area contributed by atoms with Crippen LogP contribution < -0.4 is 15.0 Å². The van der Waals surface area contributed by atoms with Crippen molar-refractivity contribution in [1.29, 1.82) is 0 Å². The number of carbonyl (C=O) groups excluding carboxylic acids is 1. The van der Waals surface area contributed by atoms with E-state index in [-0.39, 0.29) is 24.8 Å². The Balaban J connectivity index is 0.00000131. The fourth-order valence-corrected chi connectivity index (χ4v) is 4.60. The fraction of sp³-hybridized carbons (Fsp3) is 0.684. The summed E-state index contributed by atoms with van der Waals surface area (Å²) in [5.74, 6) is 2.67. The van der Waals surface area contributed by atoms with Crippen LogP contribution >= 0.6 is 24.8 Å². The number of aromatic nitrogens is 1. The molecule has 8 heteroatoms. The number of hydrogen-bond acceptors (Lipinski definition) is 5. The van der Waals surface area contributed by atoms with Crippen LogP contribution in [0.25, 0.3) is 0 Å². The number of anilines is 1. The smallest absolute Gasteiger partial charge is 0.222 e. The summed E-state index contributed by atoms with van der Waals surface area (Å²) in [5, 5.41) is 3.66. The molecule has 0 saturated carbocycles. The number of amides is 1. The summed E-state index contributed by atoms with van der Waals surface area (Å²) in [7, 11) is 1.67. The Bertz CT molecular complexity index is 613. The summed E-state index contributed by atoms with van der Waals surface area (Å²) in [6.07, 6.45) is 7.44. The first kappa shape index (κ1) is 22.1. The van der Waals surface area contributed by atoms with E-state index in [9.17, 15) is 4.79 Å². The van der Waals surface area contributed by atoms with Crippen LogP contribution in [0.15, 0.2) is 18.3 Å². The highest BCUT2D eigenvalue weighted by Crippen LogP contribution is 2.33. The van der Waals surface area contributed by atoms with Gasteiger partial charge >= 0.3 is 0 Å². The van der Waals surface area contributed by atoms with Crippen molar-refractivity contribution in [1.82, 2.24) is 15.2 Å². The number of nitrogens with one attached hydrogen (secondary N) is 1. The highest BCUT2D eigenvalue weighted by atomic mass is 35.5. The Morgan fingerprint density at radius 2 is 1.85 bits per heavy atom. The molecule has 1 aromatic heterocycles. The topological polar surface area (TPSA) is 57.7 Å². The lowest BCUT2D eigenvalue weighted by Crippen LogP contribution is -2.49. The van der Waals surface area contributed by atoms with Gasteiger partial charge in [0.25, 0.3) is 0 Å². The molecule has 0 aromatic carbocycles. The van der Waals surface area contributed by atoms with E-state index >= 15 is 0 Å². The van der Waals surface area contributed by atoms with E-state index in [0.29, 0.717) is 23.9 Å². The number of ether oxygens (including phenoxy) is 1. The molecule has 152 valence electrons. The van der Waals surface area contributed by atoms with E-state index < -0.39 is 0 Å². The van der Waals surface area contributed by atoms with E-state index in [1.165, 1.54) is 25.7 Å². The standard InChI is InChI=1S/C19H28N4O2.2ClH/c1-25-17-4-5-20-18(13-17)22-6-8-23(9-7-22)19(24)12-14-10-15-2-3-16(11-14)21-15;;/h4-5,13-16,21H,2-3,6-12H2,1H3;2*1H. The zero-order valence-electron chi connectivity index (χ0n) is 15.8. The van der Waals surface area contributed by atoms with Crippen molar-refractivity contribution in [3.8, 4) is 5.75 Å². The summed E-state index contributed by atoms with van der Waals surface area (Å²) >= 11 is 0. The summed E-state index contributed by atoms with van der Waals surface area (Å²) in [6.45, 7) is 3.25. The van der Waals surface area contributed by atoms with Gasteiger partial charge in [-0.3, -0.25) is 4.79 Å². The van der Waals surface area contributed by atoms with Crippen LogP contribution in [-0.4, -0.2) is 61.2 Å². The van der Waals surface area contributed by atoms with E-state index in [2.05, 4.69) is 15.2 Å². The van der Waals surface area contributed by atoms with Crippen molar-refractivity contribution in [3.05, 3.63) is 18.3 Å². The second-order valence-corrected chi connectivity index (χ2v) is 7.60. The van der Waals surface area contributed by atoms with Crippen molar-refractivity contribution < 1.29 is 9.53 Å². The van der Waals surface area contributed by atoms with Gasteiger partial charge in [-0.05, 0) is 37.7 Å². The van der Waals surface area contributed by atoms with Gasteiger partial charge < -0.3 is 19.9 Å². The van der Waals surface area contributed by atoms with Crippen LogP contribution in [0.5, 0.6) is 5.75 Å². The predicted octanol–water partition coefficient (Wildman–Crippen LogP) is 2.50. The number of carbonyl (C=O) groups is 1. The number of piperidine rings is 1. The molecule has 3 aliphatic rings. The molecule has 1 N–H and O–H groups in total. The van der Waals surface area contributed by atoms with Crippen molar-refractivity contribution in [2.45, 2.75) is 44.2 Å². The molecule has 2 atom stereocenters. The minimum atomic E-state index is 0. The molecule has 2 bridgehead atoms. The van der Waals surface area contributed by atoms with Crippen LogP contribution in [-0.2, 0) is 4.79 Å². The van der Waals surface area contributed by atoms with Crippen LogP contribution in [0.2, 0.25) is 0 Å². The molecule has 3 aliphatic heterocycles. The number of hydrogen-bond donors (Lipinski definition) is 1. The first-order valence-electron chi connectivity index (χ1n) is 9.50. The molecule has 0 radical (unpaired) electrons. The van der Waals surface area contributed by atoms with Gasteiger partial charge in [0.1, 0.15) is 11.6 Å². The number of fused-ring (bicyclic) bond motifs is 2. The third-order valence-corrected chi connectivity index (χ3v) is 5.94. The second kappa shape index (κ2) is 9.80. The van der Waals surface area contributed by atoms with E-state index in [4.69, 9.17) is 4.74 Å². The first-order chi connectivity index (χ1) is 12.2. The Morgan fingerprint density at radius 3 is 2.48 bits per heavy atom. The number of piperazine rings is 1. The highest BCUT2D eigenvalue weighted by Gasteiger charge is 2.35. The molecule has 1 amide bonds. The van der Waals surface area contributed by atoms with Gasteiger partial charge in [-0.2, -0.15) is 0 Å². The maximum Gasteiger partial charge on any atom is 0.222 e. The van der Waals surface area contributed by atoms with Gasteiger partial charge in [-0.25, -0.2) is 4.98 Å². The summed E-state index contributed by atoms with van der Waals surface area (Å²) < 4.78 is 5.28. The molecular formula is C19H30Cl2N4O2. The Kier molecular flexibility index (Phi) is 8.01. The summed E-state index contributed by atoms with van der Waals surface area (Å²) in [5.41, 5.74) is 0. The minimum absolute atomic E-state index is 0. The number of nitrogens with zero attached hydrogens (tertiary/aromatic N) is 3. The maximum absolute atomic E-state index is 12.7. The van der Waals surface area contributed by atoms with E-state index in [1.54, 1.807) is 13.3 Å². The first-order valence-corrected chi connectivity index (χ1v) is 9.50. The van der Waals surface area contributed by atoms with Crippen molar-refractivity contribution >= 4 is 36.5 Å². The SMILES string of the molecule is COc1ccnc(N2CCN(C(=O)CC3CC4CCC(C3)N4)CC2)c1.Cl.Cl. The Labute approximate surface area is 173 Å². The molecule has 0 aliphatic carbocycles. The van der Waals surface area contributed by atoms with Crippen LogP contribution in [0.3, 0.4) is 0 Å². The average molecular weight is 417 g/mol. The minimum Gasteiger partial charge on any atom is -0.497 e. The average Bonchev–Trinajstić information content (AvgIpc) is 3.00. The fourth-order valence-electron chi connectivity index (χ4n) is 4.60. The lowest BCUT2D eigenvalue weighted by atomic mass is 9.89. The number of pyridine rings is 1. The molecule has 6 nitrogen and oxygen atoms in total. The molecule has 4 rings (SSSR count). The van der Waals surface area contributed by atoms with Gasteiger partial charge in [-0.1, -0.05) is 0 Å². The zero-order valence-corrected chi connectivity index (χ0v) is 17.4. The van der Waals surface area contributed by atoms with E-state index in [0.717, 1.165) is 44.2 Å². The monoisotopic (exact) mass is 416 g/mol. The van der Waals surface area contributed by atoms with Crippen LogP contribution in [0.4, 0.5) is 5.82 Å². The van der Waals surface area contributed by atoms with Crippen molar-refractivity contribution in [2.24, 2.45) is 5.92 Å². The Hall–Kier alpha value is -1.24. The molecule has 3 saturated heterocycles. The highest BCUT2D eigenvalue weighted by molar-refractivity contribution is 5.85. The van der Waals surface area contributed by atoms with Crippen molar-refractivity contribution in [3.63, 3.8) is 0 Å². The Morgan fingerprint density at radius 1 is 1.19 bits per heavy atom. The normalized spacial score (nSPS) is 26.8. The molecule has 27 heavy (non-hydrogen) atoms. The van der Waals surface area contributed by atoms with Gasteiger partial charge in [0.2, 0.25) is 5.91 Å². The van der Waals surface area contributed by atoms with E-state index in [1.807, 2.05) is 17.0 Å². The van der Waals surface area contributed by atoms with Gasteiger partial charge in [-0.15, -0.1) is 24.8 Å². The number of halogens is 2. The zero-order chi connectivity index (χ0) is 17.2. The quantitative estimate of drug-likeness (QED) is 0.816. The molecule has 0 spiro atoms. The van der Waals surface area contributed by atoms with Crippen molar-refractivity contribution in [2.75, 3.05) is 38.2 Å². The van der Waals surface area contributed by atoms with Gasteiger partial charge in [0, 0.05) is 56.9 Å².